The number of benzene rings is 1. The van der Waals surface area contributed by atoms with Crippen LogP contribution >= 0.6 is 0 Å². The minimum absolute atomic E-state index is 0.0800. The van der Waals surface area contributed by atoms with Gasteiger partial charge in [-0.05, 0) is 24.6 Å². The van der Waals surface area contributed by atoms with Crippen LogP contribution in [0.1, 0.15) is 17.3 Å². The van der Waals surface area contributed by atoms with E-state index >= 15 is 0 Å². The Kier molecular flexibility index (Phi) is 3.68. The molecule has 0 aliphatic heterocycles. The fourth-order valence-corrected chi connectivity index (χ4v) is 1.03. The molecular weight excluding hydrogens is 196 g/mol. The molecule has 0 fully saturated rings. The van der Waals surface area contributed by atoms with Crippen molar-refractivity contribution in [2.24, 2.45) is 0 Å². The van der Waals surface area contributed by atoms with Crippen LogP contribution in [0.4, 0.5) is 10.5 Å². The number of nitrogens with one attached hydrogen (secondary N) is 2. The molecule has 2 amide bonds. The van der Waals surface area contributed by atoms with Gasteiger partial charge in [-0.1, -0.05) is 12.1 Å². The van der Waals surface area contributed by atoms with Crippen LogP contribution in [0.15, 0.2) is 24.3 Å². The lowest BCUT2D eigenvalue weighted by molar-refractivity contribution is -0.255. The van der Waals surface area contributed by atoms with E-state index in [9.17, 15) is 14.7 Å². The van der Waals surface area contributed by atoms with E-state index < -0.39 is 5.97 Å². The third-order valence-corrected chi connectivity index (χ3v) is 1.72. The molecule has 0 bridgehead atoms. The lowest BCUT2D eigenvalue weighted by Crippen LogP contribution is -2.28. The molecule has 1 rings (SSSR count). The fraction of sp³-hybridized carbons (Fsp3) is 0.200. The molecule has 80 valence electrons. The summed E-state index contributed by atoms with van der Waals surface area (Å²) in [5.74, 6) is -1.24. The number of anilines is 1. The first kappa shape index (κ1) is 11.0. The molecule has 0 unspecified atom stereocenters. The van der Waals surface area contributed by atoms with E-state index in [1.165, 1.54) is 24.3 Å². The summed E-state index contributed by atoms with van der Waals surface area (Å²) in [4.78, 5) is 21.5. The van der Waals surface area contributed by atoms with Gasteiger partial charge in [-0.2, -0.15) is 0 Å². The van der Waals surface area contributed by atoms with Gasteiger partial charge >= 0.3 is 6.03 Å². The van der Waals surface area contributed by atoms with Crippen molar-refractivity contribution in [3.8, 4) is 0 Å². The largest absolute Gasteiger partial charge is 0.545 e. The lowest BCUT2D eigenvalue weighted by atomic mass is 10.2. The van der Waals surface area contributed by atoms with Crippen molar-refractivity contribution in [3.63, 3.8) is 0 Å². The molecule has 0 aromatic heterocycles. The van der Waals surface area contributed by atoms with E-state index in [0.29, 0.717) is 12.2 Å². The predicted octanol–water partition coefficient (Wildman–Crippen LogP) is 0.191. The van der Waals surface area contributed by atoms with Gasteiger partial charge in [-0.15, -0.1) is 0 Å². The van der Waals surface area contributed by atoms with E-state index in [-0.39, 0.29) is 11.6 Å². The van der Waals surface area contributed by atoms with Crippen molar-refractivity contribution in [2.75, 3.05) is 11.9 Å². The number of rotatable bonds is 3. The Labute approximate surface area is 87.1 Å². The molecule has 1 aromatic carbocycles. The highest BCUT2D eigenvalue weighted by Gasteiger charge is 1.99. The maximum absolute atomic E-state index is 11.1. The Morgan fingerprint density at radius 2 is 1.87 bits per heavy atom. The number of hydrogen-bond acceptors (Lipinski definition) is 3. The number of amides is 2. The quantitative estimate of drug-likeness (QED) is 0.742. The van der Waals surface area contributed by atoms with Crippen molar-refractivity contribution >= 4 is 17.7 Å². The normalized spacial score (nSPS) is 9.40. The summed E-state index contributed by atoms with van der Waals surface area (Å²) in [6.45, 7) is 2.34. The van der Waals surface area contributed by atoms with Gasteiger partial charge in [0, 0.05) is 12.2 Å². The Bertz CT molecular complexity index is 359. The minimum atomic E-state index is -1.24. The Morgan fingerprint density at radius 1 is 1.27 bits per heavy atom. The molecule has 5 heteroatoms. The third kappa shape index (κ3) is 3.30. The summed E-state index contributed by atoms with van der Waals surface area (Å²) in [5, 5.41) is 15.5. The summed E-state index contributed by atoms with van der Waals surface area (Å²) in [6.07, 6.45) is 0. The van der Waals surface area contributed by atoms with Crippen LogP contribution in [0.25, 0.3) is 0 Å². The van der Waals surface area contributed by atoms with Crippen molar-refractivity contribution in [2.45, 2.75) is 6.92 Å². The van der Waals surface area contributed by atoms with Gasteiger partial charge in [0.2, 0.25) is 0 Å². The van der Waals surface area contributed by atoms with Crippen LogP contribution in [0.5, 0.6) is 0 Å². The van der Waals surface area contributed by atoms with Crippen molar-refractivity contribution in [1.29, 1.82) is 0 Å². The molecule has 0 saturated heterocycles. The van der Waals surface area contributed by atoms with E-state index in [4.69, 9.17) is 0 Å². The van der Waals surface area contributed by atoms with Crippen LogP contribution in [0, 0.1) is 0 Å². The van der Waals surface area contributed by atoms with Crippen molar-refractivity contribution in [3.05, 3.63) is 29.8 Å². The molecule has 0 atom stereocenters. The van der Waals surface area contributed by atoms with E-state index in [0.717, 1.165) is 0 Å². The average molecular weight is 207 g/mol. The zero-order valence-electron chi connectivity index (χ0n) is 8.24. The number of carboxylic acids is 1. The molecule has 0 radical (unpaired) electrons. The van der Waals surface area contributed by atoms with Crippen LogP contribution in [0.2, 0.25) is 0 Å². The predicted molar refractivity (Wildman–Crippen MR) is 53.5 cm³/mol. The summed E-state index contributed by atoms with van der Waals surface area (Å²) in [7, 11) is 0. The highest BCUT2D eigenvalue weighted by Crippen LogP contribution is 2.08. The summed E-state index contributed by atoms with van der Waals surface area (Å²) in [5.41, 5.74) is 0.613. The highest BCUT2D eigenvalue weighted by molar-refractivity contribution is 5.90. The summed E-state index contributed by atoms with van der Waals surface area (Å²) in [6, 6.07) is 5.42. The first-order valence-corrected chi connectivity index (χ1v) is 4.49. The maximum Gasteiger partial charge on any atom is 0.319 e. The van der Waals surface area contributed by atoms with E-state index in [1.54, 1.807) is 6.92 Å². The Balaban J connectivity index is 2.64. The zero-order valence-corrected chi connectivity index (χ0v) is 8.24. The molecule has 1 aromatic rings. The van der Waals surface area contributed by atoms with Gasteiger partial charge in [0.15, 0.2) is 0 Å². The van der Waals surface area contributed by atoms with Gasteiger partial charge in [0.25, 0.3) is 0 Å². The van der Waals surface area contributed by atoms with Crippen LogP contribution in [-0.2, 0) is 0 Å². The molecule has 0 aliphatic carbocycles. The topological polar surface area (TPSA) is 81.3 Å². The number of carboxylic acid groups (broad SMARTS) is 1. The van der Waals surface area contributed by atoms with Crippen LogP contribution < -0.4 is 15.7 Å². The number of aromatic carboxylic acids is 1. The van der Waals surface area contributed by atoms with Crippen LogP contribution in [0.3, 0.4) is 0 Å². The average Bonchev–Trinajstić information content (AvgIpc) is 2.18. The van der Waals surface area contributed by atoms with E-state index in [2.05, 4.69) is 10.6 Å². The molecule has 2 N–H and O–H groups in total. The molecule has 0 spiro atoms. The fourth-order valence-electron chi connectivity index (χ4n) is 1.03. The second-order valence-corrected chi connectivity index (χ2v) is 2.85. The lowest BCUT2D eigenvalue weighted by Gasteiger charge is -2.07. The van der Waals surface area contributed by atoms with Gasteiger partial charge in [0.05, 0.1) is 5.97 Å². The second kappa shape index (κ2) is 4.99. The second-order valence-electron chi connectivity index (χ2n) is 2.85. The molecule has 5 nitrogen and oxygen atoms in total. The number of urea groups is 1. The Hall–Kier alpha value is -2.04. The highest BCUT2D eigenvalue weighted by atomic mass is 16.4. The maximum atomic E-state index is 11.1. The van der Waals surface area contributed by atoms with Gasteiger partial charge < -0.3 is 20.5 Å². The number of carbonyl (C=O) groups is 2. The molecule has 0 heterocycles. The minimum Gasteiger partial charge on any atom is -0.545 e. The molecule has 15 heavy (non-hydrogen) atoms. The molecular formula is C10H11N2O3-. The van der Waals surface area contributed by atoms with Gasteiger partial charge in [0.1, 0.15) is 0 Å². The van der Waals surface area contributed by atoms with Crippen LogP contribution in [-0.4, -0.2) is 18.5 Å². The monoisotopic (exact) mass is 207 g/mol. The number of hydrogen-bond donors (Lipinski definition) is 2. The SMILES string of the molecule is CCNC(=O)Nc1ccc(C(=O)[O-])cc1. The van der Waals surface area contributed by atoms with Crippen molar-refractivity contribution in [1.82, 2.24) is 5.32 Å². The first-order valence-electron chi connectivity index (χ1n) is 4.49. The van der Waals surface area contributed by atoms with Gasteiger partial charge in [-0.3, -0.25) is 0 Å². The zero-order chi connectivity index (χ0) is 11.3. The molecule has 0 aliphatic rings. The number of carbonyl (C=O) groups excluding carboxylic acids is 2. The molecule has 0 saturated carbocycles. The van der Waals surface area contributed by atoms with Gasteiger partial charge in [-0.25, -0.2) is 4.79 Å². The smallest absolute Gasteiger partial charge is 0.319 e. The summed E-state index contributed by atoms with van der Waals surface area (Å²) < 4.78 is 0. The summed E-state index contributed by atoms with van der Waals surface area (Å²) >= 11 is 0. The van der Waals surface area contributed by atoms with Crippen molar-refractivity contribution < 1.29 is 14.7 Å². The Morgan fingerprint density at radius 3 is 2.33 bits per heavy atom. The van der Waals surface area contributed by atoms with E-state index in [1.807, 2.05) is 0 Å². The standard InChI is InChI=1S/C10H12N2O3/c1-2-11-10(15)12-8-5-3-7(4-6-8)9(13)14/h3-6H,2H2,1H3,(H,13,14)(H2,11,12,15)/p-1. The third-order valence-electron chi connectivity index (χ3n) is 1.72. The first-order chi connectivity index (χ1) is 7.13.